The van der Waals surface area contributed by atoms with Crippen molar-refractivity contribution in [3.8, 4) is 0 Å². The largest absolute Gasteiger partial charge is 0.306 e. The lowest BCUT2D eigenvalue weighted by Gasteiger charge is -2.36. The van der Waals surface area contributed by atoms with Crippen molar-refractivity contribution in [1.29, 1.82) is 0 Å². The Bertz CT molecular complexity index is 977. The number of nitrogens with zero attached hydrogens (tertiary/aromatic N) is 2. The molecule has 138 valence electrons. The van der Waals surface area contributed by atoms with Crippen molar-refractivity contribution in [2.75, 3.05) is 24.4 Å². The fourth-order valence-corrected chi connectivity index (χ4v) is 6.61. The van der Waals surface area contributed by atoms with E-state index in [9.17, 15) is 8.42 Å². The summed E-state index contributed by atoms with van der Waals surface area (Å²) in [5, 5.41) is 0.552. The molecule has 2 aromatic rings. The SMILES string of the molecule is Cc1ccc2c(c1)[C@@H]1CN(C)CC[C@@H]1N2S(=O)(=O)c1cc(Cl)ccc1Cl. The Hall–Kier alpha value is -1.27. The number of anilines is 1. The van der Waals surface area contributed by atoms with E-state index < -0.39 is 10.0 Å². The summed E-state index contributed by atoms with van der Waals surface area (Å²) in [6.07, 6.45) is 0.784. The van der Waals surface area contributed by atoms with Gasteiger partial charge in [-0.05, 0) is 56.8 Å². The Morgan fingerprint density at radius 1 is 1.12 bits per heavy atom. The van der Waals surface area contributed by atoms with E-state index in [0.717, 1.165) is 36.3 Å². The predicted octanol–water partition coefficient (Wildman–Crippen LogP) is 4.30. The highest BCUT2D eigenvalue weighted by atomic mass is 35.5. The third kappa shape index (κ3) is 2.82. The lowest BCUT2D eigenvalue weighted by molar-refractivity contribution is 0.237. The van der Waals surface area contributed by atoms with Crippen LogP contribution in [0.25, 0.3) is 0 Å². The molecule has 0 radical (unpaired) electrons. The molecule has 0 saturated carbocycles. The fraction of sp³-hybridized carbons (Fsp3) is 0.368. The highest BCUT2D eigenvalue weighted by Crippen LogP contribution is 2.48. The van der Waals surface area contributed by atoms with Crippen molar-refractivity contribution in [1.82, 2.24) is 4.90 Å². The molecule has 1 fully saturated rings. The second kappa shape index (κ2) is 6.41. The first kappa shape index (κ1) is 18.1. The molecule has 2 aromatic carbocycles. The average Bonchev–Trinajstić information content (AvgIpc) is 2.90. The van der Waals surface area contributed by atoms with Gasteiger partial charge in [0.15, 0.2) is 0 Å². The summed E-state index contributed by atoms with van der Waals surface area (Å²) in [5.41, 5.74) is 3.00. The van der Waals surface area contributed by atoms with Crippen LogP contribution in [-0.4, -0.2) is 39.5 Å². The van der Waals surface area contributed by atoms with Crippen molar-refractivity contribution in [3.05, 3.63) is 57.6 Å². The number of fused-ring (bicyclic) bond motifs is 3. The number of piperidine rings is 1. The molecule has 2 aliphatic rings. The number of halogens is 2. The van der Waals surface area contributed by atoms with Crippen molar-refractivity contribution < 1.29 is 8.42 Å². The van der Waals surface area contributed by atoms with Gasteiger partial charge < -0.3 is 4.90 Å². The highest BCUT2D eigenvalue weighted by molar-refractivity contribution is 7.93. The van der Waals surface area contributed by atoms with Gasteiger partial charge in [0.2, 0.25) is 0 Å². The number of hydrogen-bond acceptors (Lipinski definition) is 3. The van der Waals surface area contributed by atoms with Crippen LogP contribution >= 0.6 is 23.2 Å². The van der Waals surface area contributed by atoms with Gasteiger partial charge in [-0.3, -0.25) is 4.31 Å². The van der Waals surface area contributed by atoms with Gasteiger partial charge >= 0.3 is 0 Å². The third-order valence-electron chi connectivity index (χ3n) is 5.33. The number of likely N-dealkylation sites (N-methyl/N-ethyl adjacent to an activating group) is 1. The van der Waals surface area contributed by atoms with E-state index in [1.807, 2.05) is 19.1 Å². The third-order valence-corrected chi connectivity index (χ3v) is 7.89. The normalized spacial score (nSPS) is 23.0. The smallest absolute Gasteiger partial charge is 0.266 e. The molecule has 2 aliphatic heterocycles. The van der Waals surface area contributed by atoms with Gasteiger partial charge in [0.05, 0.1) is 16.8 Å². The zero-order chi connectivity index (χ0) is 18.6. The Morgan fingerprint density at radius 2 is 1.88 bits per heavy atom. The summed E-state index contributed by atoms with van der Waals surface area (Å²) in [6.45, 7) is 3.74. The molecule has 4 nitrogen and oxygen atoms in total. The molecule has 0 unspecified atom stereocenters. The maximum Gasteiger partial charge on any atom is 0.266 e. The van der Waals surface area contributed by atoms with E-state index in [0.29, 0.717) is 5.02 Å². The van der Waals surface area contributed by atoms with E-state index in [1.165, 1.54) is 12.1 Å². The minimum atomic E-state index is -3.81. The van der Waals surface area contributed by atoms with Gasteiger partial charge in [-0.25, -0.2) is 8.42 Å². The first-order valence-electron chi connectivity index (χ1n) is 8.57. The molecule has 2 heterocycles. The van der Waals surface area contributed by atoms with E-state index in [1.54, 1.807) is 10.4 Å². The maximum atomic E-state index is 13.6. The Balaban J connectivity index is 1.89. The summed E-state index contributed by atoms with van der Waals surface area (Å²) < 4.78 is 28.7. The molecule has 0 aliphatic carbocycles. The zero-order valence-corrected chi connectivity index (χ0v) is 16.9. The van der Waals surface area contributed by atoms with Crippen LogP contribution in [0.3, 0.4) is 0 Å². The second-order valence-electron chi connectivity index (χ2n) is 7.16. The fourth-order valence-electron chi connectivity index (χ4n) is 4.13. The number of sulfonamides is 1. The van der Waals surface area contributed by atoms with Crippen molar-refractivity contribution in [2.24, 2.45) is 0 Å². The Labute approximate surface area is 164 Å². The second-order valence-corrected chi connectivity index (χ2v) is 9.79. The quantitative estimate of drug-likeness (QED) is 0.740. The zero-order valence-electron chi connectivity index (χ0n) is 14.6. The molecule has 0 N–H and O–H groups in total. The van der Waals surface area contributed by atoms with E-state index >= 15 is 0 Å². The Kier molecular flexibility index (Phi) is 4.47. The Morgan fingerprint density at radius 3 is 2.65 bits per heavy atom. The summed E-state index contributed by atoms with van der Waals surface area (Å²) in [5.74, 6) is 0.163. The molecular formula is C19H20Cl2N2O2S. The minimum absolute atomic E-state index is 0.0674. The lowest BCUT2D eigenvalue weighted by atomic mass is 9.89. The molecule has 4 rings (SSSR count). The average molecular weight is 411 g/mol. The standard InChI is InChI=1S/C19H20Cl2N2O2S/c1-12-3-6-17-14(9-12)15-11-22(2)8-7-18(15)23(17)26(24,25)19-10-13(20)4-5-16(19)21/h3-6,9-10,15,18H,7-8,11H2,1-2H3/t15-,18-/m0/s1. The van der Waals surface area contributed by atoms with Gasteiger partial charge in [-0.15, -0.1) is 0 Å². The van der Waals surface area contributed by atoms with Crippen molar-refractivity contribution >= 4 is 38.9 Å². The number of likely N-dealkylation sites (tertiary alicyclic amines) is 1. The molecule has 2 atom stereocenters. The van der Waals surface area contributed by atoms with Gasteiger partial charge in [0.1, 0.15) is 4.90 Å². The van der Waals surface area contributed by atoms with Crippen LogP contribution in [0, 0.1) is 6.92 Å². The maximum absolute atomic E-state index is 13.6. The summed E-state index contributed by atoms with van der Waals surface area (Å²) >= 11 is 12.3. The van der Waals surface area contributed by atoms with Crippen LogP contribution in [0.2, 0.25) is 10.0 Å². The topological polar surface area (TPSA) is 40.6 Å². The molecule has 26 heavy (non-hydrogen) atoms. The van der Waals surface area contributed by atoms with Crippen LogP contribution in [0.1, 0.15) is 23.5 Å². The van der Waals surface area contributed by atoms with E-state index in [4.69, 9.17) is 23.2 Å². The summed E-state index contributed by atoms with van der Waals surface area (Å²) in [4.78, 5) is 2.33. The van der Waals surface area contributed by atoms with Crippen LogP contribution in [0.5, 0.6) is 0 Å². The van der Waals surface area contributed by atoms with E-state index in [2.05, 4.69) is 18.0 Å². The molecule has 7 heteroatoms. The van der Waals surface area contributed by atoms with Crippen LogP contribution < -0.4 is 4.31 Å². The predicted molar refractivity (Wildman–Crippen MR) is 106 cm³/mol. The number of rotatable bonds is 2. The number of aryl methyl sites for hydroxylation is 1. The van der Waals surface area contributed by atoms with Crippen LogP contribution in [0.4, 0.5) is 5.69 Å². The molecule has 0 amide bonds. The van der Waals surface area contributed by atoms with Gasteiger partial charge in [0.25, 0.3) is 10.0 Å². The molecule has 0 spiro atoms. The van der Waals surface area contributed by atoms with E-state index in [-0.39, 0.29) is 21.9 Å². The molecule has 0 bridgehead atoms. The van der Waals surface area contributed by atoms with Gasteiger partial charge in [0, 0.05) is 17.5 Å². The highest BCUT2D eigenvalue weighted by Gasteiger charge is 2.47. The van der Waals surface area contributed by atoms with Gasteiger partial charge in [-0.2, -0.15) is 0 Å². The van der Waals surface area contributed by atoms with Crippen LogP contribution in [-0.2, 0) is 10.0 Å². The summed E-state index contributed by atoms with van der Waals surface area (Å²) in [7, 11) is -1.73. The van der Waals surface area contributed by atoms with Gasteiger partial charge in [-0.1, -0.05) is 40.9 Å². The first-order chi connectivity index (χ1) is 12.3. The lowest BCUT2D eigenvalue weighted by Crippen LogP contribution is -2.47. The monoisotopic (exact) mass is 410 g/mol. The molecular weight excluding hydrogens is 391 g/mol. The minimum Gasteiger partial charge on any atom is -0.306 e. The van der Waals surface area contributed by atoms with Crippen molar-refractivity contribution in [3.63, 3.8) is 0 Å². The molecule has 0 aromatic heterocycles. The first-order valence-corrected chi connectivity index (χ1v) is 10.8. The van der Waals surface area contributed by atoms with Crippen molar-refractivity contribution in [2.45, 2.75) is 30.2 Å². The number of hydrogen-bond donors (Lipinski definition) is 0. The number of benzene rings is 2. The molecule has 1 saturated heterocycles. The van der Waals surface area contributed by atoms with Crippen LogP contribution in [0.15, 0.2) is 41.3 Å². The summed E-state index contributed by atoms with van der Waals surface area (Å²) in [6, 6.07) is 10.5.